The first-order valence-electron chi connectivity index (χ1n) is 10.8. The van der Waals surface area contributed by atoms with Crippen molar-refractivity contribution >= 4 is 0 Å². The van der Waals surface area contributed by atoms with Crippen LogP contribution in [-0.4, -0.2) is 6.61 Å². The summed E-state index contributed by atoms with van der Waals surface area (Å²) in [4.78, 5) is 0. The van der Waals surface area contributed by atoms with Crippen molar-refractivity contribution < 1.29 is 13.5 Å². The number of hydrogen-bond acceptors (Lipinski definition) is 1. The van der Waals surface area contributed by atoms with Crippen LogP contribution in [0, 0.1) is 49.2 Å². The molecule has 1 aromatic rings. The molecule has 27 heavy (non-hydrogen) atoms. The number of ether oxygens (including phenoxy) is 1. The van der Waals surface area contributed by atoms with Gasteiger partial charge in [0.25, 0.3) is 0 Å². The summed E-state index contributed by atoms with van der Waals surface area (Å²) in [6.45, 7) is 3.73. The summed E-state index contributed by atoms with van der Waals surface area (Å²) >= 11 is 0. The molecule has 1 nitrogen and oxygen atoms in total. The molecule has 4 rings (SSSR count). The minimum Gasteiger partial charge on any atom is -0.486 e. The molecule has 0 aromatic heterocycles. The topological polar surface area (TPSA) is 9.23 Å². The summed E-state index contributed by atoms with van der Waals surface area (Å²) in [6, 6.07) is 1.65. The molecule has 3 aliphatic carbocycles. The van der Waals surface area contributed by atoms with Crippen LogP contribution in [0.5, 0.6) is 5.75 Å². The molecule has 0 saturated heterocycles. The van der Waals surface area contributed by atoms with E-state index in [9.17, 15) is 8.78 Å². The molecule has 0 amide bonds. The lowest BCUT2D eigenvalue weighted by molar-refractivity contribution is 0.179. The van der Waals surface area contributed by atoms with Gasteiger partial charge in [-0.2, -0.15) is 4.39 Å². The Morgan fingerprint density at radius 3 is 1.96 bits per heavy atom. The molecule has 148 valence electrons. The van der Waals surface area contributed by atoms with Crippen LogP contribution in [0.2, 0.25) is 0 Å². The molecule has 1 unspecified atom stereocenters. The van der Waals surface area contributed by atoms with Crippen LogP contribution in [0.25, 0.3) is 0 Å². The van der Waals surface area contributed by atoms with Crippen molar-refractivity contribution in [1.82, 2.24) is 0 Å². The van der Waals surface area contributed by atoms with Gasteiger partial charge in [0.15, 0.2) is 11.6 Å². The largest absolute Gasteiger partial charge is 0.486 e. The smallest absolute Gasteiger partial charge is 0.201 e. The zero-order chi connectivity index (χ0) is 19.0. The van der Waals surface area contributed by atoms with E-state index in [0.717, 1.165) is 36.5 Å². The summed E-state index contributed by atoms with van der Waals surface area (Å²) in [5.41, 5.74) is 2.22. The highest BCUT2D eigenvalue weighted by molar-refractivity contribution is 5.38. The Morgan fingerprint density at radius 2 is 1.41 bits per heavy atom. The van der Waals surface area contributed by atoms with E-state index in [1.54, 1.807) is 19.9 Å². The lowest BCUT2D eigenvalue weighted by atomic mass is 9.70. The summed E-state index contributed by atoms with van der Waals surface area (Å²) < 4.78 is 33.6. The van der Waals surface area contributed by atoms with Crippen molar-refractivity contribution in [3.63, 3.8) is 0 Å². The van der Waals surface area contributed by atoms with Gasteiger partial charge in [0.05, 0.1) is 0 Å². The minimum absolute atomic E-state index is 0.0690. The van der Waals surface area contributed by atoms with E-state index in [1.165, 1.54) is 50.5 Å². The highest BCUT2D eigenvalue weighted by Crippen LogP contribution is 2.47. The molecule has 0 radical (unpaired) electrons. The van der Waals surface area contributed by atoms with E-state index in [2.05, 4.69) is 6.08 Å². The average Bonchev–Trinajstić information content (AvgIpc) is 3.52. The third-order valence-corrected chi connectivity index (χ3v) is 7.25. The quantitative estimate of drug-likeness (QED) is 0.509. The fraction of sp³-hybridized carbons (Fsp3) is 0.667. The second kappa shape index (κ2) is 7.93. The maximum absolute atomic E-state index is 14.2. The van der Waals surface area contributed by atoms with Crippen LogP contribution in [0.3, 0.4) is 0 Å². The van der Waals surface area contributed by atoms with Gasteiger partial charge >= 0.3 is 0 Å². The van der Waals surface area contributed by atoms with E-state index >= 15 is 0 Å². The Balaban J connectivity index is 1.29. The third-order valence-electron chi connectivity index (χ3n) is 7.25. The molecule has 2 fully saturated rings. The third kappa shape index (κ3) is 4.22. The summed E-state index contributed by atoms with van der Waals surface area (Å²) in [5.74, 6) is 2.21. The molecule has 1 atom stereocenters. The van der Waals surface area contributed by atoms with Gasteiger partial charge in [-0.15, -0.1) is 0 Å². The van der Waals surface area contributed by atoms with Crippen LogP contribution in [0.1, 0.15) is 68.9 Å². The highest BCUT2D eigenvalue weighted by atomic mass is 19.2. The van der Waals surface area contributed by atoms with E-state index < -0.39 is 11.6 Å². The minimum atomic E-state index is -0.853. The van der Waals surface area contributed by atoms with E-state index in [-0.39, 0.29) is 5.75 Å². The van der Waals surface area contributed by atoms with Crippen LogP contribution < -0.4 is 4.74 Å². The number of hydrogen-bond donors (Lipinski definition) is 0. The predicted molar refractivity (Wildman–Crippen MR) is 105 cm³/mol. The summed E-state index contributed by atoms with van der Waals surface area (Å²) in [6.07, 6.45) is 14.4. The van der Waals surface area contributed by atoms with Gasteiger partial charge in [0.1, 0.15) is 6.61 Å². The van der Waals surface area contributed by atoms with Gasteiger partial charge in [0.2, 0.25) is 5.82 Å². The first-order chi connectivity index (χ1) is 13.0. The maximum Gasteiger partial charge on any atom is 0.201 e. The van der Waals surface area contributed by atoms with Crippen molar-refractivity contribution in [2.45, 2.75) is 71.6 Å². The summed E-state index contributed by atoms with van der Waals surface area (Å²) in [7, 11) is 0. The molecule has 2 saturated carbocycles. The molecule has 0 bridgehead atoms. The Labute approximate surface area is 162 Å². The van der Waals surface area contributed by atoms with Gasteiger partial charge in [-0.1, -0.05) is 6.08 Å². The van der Waals surface area contributed by atoms with Crippen LogP contribution >= 0.6 is 0 Å². The van der Waals surface area contributed by atoms with Gasteiger partial charge in [0, 0.05) is 0 Å². The van der Waals surface area contributed by atoms with Crippen molar-refractivity contribution in [3.05, 3.63) is 40.5 Å². The Bertz CT molecular complexity index is 712. The second-order valence-electron chi connectivity index (χ2n) is 9.17. The zero-order valence-electron chi connectivity index (χ0n) is 16.7. The van der Waals surface area contributed by atoms with Gasteiger partial charge in [-0.05, 0) is 118 Å². The van der Waals surface area contributed by atoms with E-state index in [1.807, 2.05) is 0 Å². The Hall–Kier alpha value is -1.38. The van der Waals surface area contributed by atoms with Gasteiger partial charge in [-0.25, -0.2) is 4.39 Å². The first-order valence-corrected chi connectivity index (χ1v) is 10.8. The maximum atomic E-state index is 14.2. The van der Waals surface area contributed by atoms with Crippen molar-refractivity contribution in [2.75, 3.05) is 6.61 Å². The molecule has 1 aromatic carbocycles. The standard InChI is InChI=1S/C24H32F2O/c1-15-13-16(2)24(23(26)22(15)25)27-14-17-3-5-18(6-4-17)19-7-9-20(10-8-19)21-11-12-21/h3,13,18-21H,4-12,14H2,1-2H3. The highest BCUT2D eigenvalue weighted by Gasteiger charge is 2.36. The van der Waals surface area contributed by atoms with Crippen molar-refractivity contribution in [1.29, 1.82) is 0 Å². The molecular weight excluding hydrogens is 342 g/mol. The lowest BCUT2D eigenvalue weighted by Crippen LogP contribution is -2.24. The second-order valence-corrected chi connectivity index (χ2v) is 9.17. The van der Waals surface area contributed by atoms with Crippen LogP contribution in [0.4, 0.5) is 8.78 Å². The SMILES string of the molecule is Cc1cc(C)c(OCC2=CCC(C3CCC(C4CC4)CC3)CC2)c(F)c1F. The van der Waals surface area contributed by atoms with Gasteiger partial charge < -0.3 is 4.74 Å². The monoisotopic (exact) mass is 374 g/mol. The van der Waals surface area contributed by atoms with Crippen LogP contribution in [0.15, 0.2) is 17.7 Å². The van der Waals surface area contributed by atoms with E-state index in [4.69, 9.17) is 4.74 Å². The molecule has 0 aliphatic heterocycles. The van der Waals surface area contributed by atoms with Crippen LogP contribution in [-0.2, 0) is 0 Å². The lowest BCUT2D eigenvalue weighted by Gasteiger charge is -2.35. The Morgan fingerprint density at radius 1 is 0.815 bits per heavy atom. The molecule has 0 N–H and O–H groups in total. The number of rotatable bonds is 5. The van der Waals surface area contributed by atoms with Crippen molar-refractivity contribution in [2.24, 2.45) is 23.7 Å². The number of aryl methyl sites for hydroxylation is 2. The fourth-order valence-corrected chi connectivity index (χ4v) is 5.37. The fourth-order valence-electron chi connectivity index (χ4n) is 5.37. The number of benzene rings is 1. The van der Waals surface area contributed by atoms with Gasteiger partial charge in [-0.3, -0.25) is 0 Å². The summed E-state index contributed by atoms with van der Waals surface area (Å²) in [5, 5.41) is 0. The Kier molecular flexibility index (Phi) is 5.57. The molecule has 3 aliphatic rings. The molecule has 3 heteroatoms. The molecular formula is C24H32F2O. The predicted octanol–water partition coefficient (Wildman–Crippen LogP) is 6.90. The number of halogens is 2. The first kappa shape index (κ1) is 19.0. The molecule has 0 spiro atoms. The zero-order valence-corrected chi connectivity index (χ0v) is 16.7. The normalized spacial score (nSPS) is 28.7. The van der Waals surface area contributed by atoms with E-state index in [0.29, 0.717) is 17.7 Å². The van der Waals surface area contributed by atoms with Crippen molar-refractivity contribution in [3.8, 4) is 5.75 Å². The molecule has 0 heterocycles. The average molecular weight is 375 g/mol. The number of allylic oxidation sites excluding steroid dienone is 1.